The first kappa shape index (κ1) is 33.0. The summed E-state index contributed by atoms with van der Waals surface area (Å²) in [4.78, 5) is 57.8. The second-order valence-corrected chi connectivity index (χ2v) is 10.4. The molecule has 14 heteroatoms. The van der Waals surface area contributed by atoms with Gasteiger partial charge in [-0.15, -0.1) is 0 Å². The van der Waals surface area contributed by atoms with E-state index in [2.05, 4.69) is 25.9 Å². The van der Waals surface area contributed by atoms with Crippen LogP contribution in [-0.2, 0) is 25.6 Å². The lowest BCUT2D eigenvalue weighted by Crippen LogP contribution is -2.60. The van der Waals surface area contributed by atoms with E-state index in [0.29, 0.717) is 6.42 Å². The summed E-state index contributed by atoms with van der Waals surface area (Å²) >= 11 is 0. The zero-order chi connectivity index (χ0) is 30.7. The van der Waals surface area contributed by atoms with Crippen LogP contribution in [0.2, 0.25) is 0 Å². The quantitative estimate of drug-likeness (QED) is 0.0680. The Bertz CT molecular complexity index is 1220. The van der Waals surface area contributed by atoms with Crippen molar-refractivity contribution in [2.75, 3.05) is 6.54 Å². The summed E-state index contributed by atoms with van der Waals surface area (Å²) in [7, 11) is 0. The molecular weight excluding hydrogens is 532 g/mol. The number of nitrogens with two attached hydrogens (primary N) is 3. The molecule has 0 radical (unpaired) electrons. The molecule has 0 saturated heterocycles. The van der Waals surface area contributed by atoms with Gasteiger partial charge in [-0.25, -0.2) is 4.79 Å². The molecule has 12 N–H and O–H groups in total. The Balaban J connectivity index is 2.16. The van der Waals surface area contributed by atoms with E-state index in [1.54, 1.807) is 20.0 Å². The van der Waals surface area contributed by atoms with Crippen molar-refractivity contribution in [3.63, 3.8) is 0 Å². The summed E-state index contributed by atoms with van der Waals surface area (Å²) in [5.74, 6) is -3.64. The average molecular weight is 575 g/mol. The number of aromatic nitrogens is 1. The van der Waals surface area contributed by atoms with Crippen LogP contribution in [0.15, 0.2) is 35.5 Å². The number of aliphatic hydroxyl groups excluding tert-OH is 1. The summed E-state index contributed by atoms with van der Waals surface area (Å²) in [6.45, 7) is 5.06. The number of hydrogen-bond donors (Lipinski definition) is 9. The van der Waals surface area contributed by atoms with Gasteiger partial charge in [0.2, 0.25) is 17.7 Å². The summed E-state index contributed by atoms with van der Waals surface area (Å²) < 4.78 is 0. The number of aliphatic hydroxyl groups is 1. The maximum Gasteiger partial charge on any atom is 0.326 e. The van der Waals surface area contributed by atoms with Crippen LogP contribution in [0.3, 0.4) is 0 Å². The minimum Gasteiger partial charge on any atom is -0.480 e. The van der Waals surface area contributed by atoms with Crippen LogP contribution in [0.25, 0.3) is 10.9 Å². The molecular formula is C27H42N8O6. The van der Waals surface area contributed by atoms with Crippen LogP contribution in [0.5, 0.6) is 0 Å². The molecule has 3 amide bonds. The van der Waals surface area contributed by atoms with Crippen molar-refractivity contribution in [1.82, 2.24) is 20.9 Å². The number of nitrogens with zero attached hydrogens (tertiary/aromatic N) is 1. The van der Waals surface area contributed by atoms with E-state index in [1.165, 1.54) is 6.92 Å². The molecule has 0 saturated carbocycles. The van der Waals surface area contributed by atoms with E-state index in [9.17, 15) is 29.4 Å². The van der Waals surface area contributed by atoms with Crippen molar-refractivity contribution in [3.8, 4) is 0 Å². The molecule has 41 heavy (non-hydrogen) atoms. The lowest BCUT2D eigenvalue weighted by molar-refractivity contribution is -0.143. The lowest BCUT2D eigenvalue weighted by atomic mass is 10.0. The number of aliphatic imine (C=N–C) groups is 1. The summed E-state index contributed by atoms with van der Waals surface area (Å²) in [5.41, 5.74) is 18.6. The third-order valence-electron chi connectivity index (χ3n) is 6.41. The van der Waals surface area contributed by atoms with Crippen LogP contribution in [0.4, 0.5) is 0 Å². The second-order valence-electron chi connectivity index (χ2n) is 10.4. The lowest BCUT2D eigenvalue weighted by Gasteiger charge is -2.27. The van der Waals surface area contributed by atoms with Gasteiger partial charge in [0, 0.05) is 23.6 Å². The SMILES string of the molecule is CC(C)CC(NC(=O)C(NC(=O)C(CCCN=C(N)N)NC(=O)C(N)Cc1c[nH]c2ccccc12)C(C)O)C(=O)O. The van der Waals surface area contributed by atoms with Crippen molar-refractivity contribution in [3.05, 3.63) is 36.0 Å². The fourth-order valence-electron chi connectivity index (χ4n) is 4.29. The highest BCUT2D eigenvalue weighted by atomic mass is 16.4. The number of para-hydroxylation sites is 1. The molecule has 226 valence electrons. The molecule has 2 rings (SSSR count). The molecule has 1 aromatic heterocycles. The van der Waals surface area contributed by atoms with Crippen molar-refractivity contribution >= 4 is 40.6 Å². The zero-order valence-electron chi connectivity index (χ0n) is 23.6. The Morgan fingerprint density at radius 1 is 0.976 bits per heavy atom. The van der Waals surface area contributed by atoms with Gasteiger partial charge in [-0.3, -0.25) is 19.4 Å². The van der Waals surface area contributed by atoms with Gasteiger partial charge in [0.1, 0.15) is 18.1 Å². The summed E-state index contributed by atoms with van der Waals surface area (Å²) in [6.07, 6.45) is 1.15. The molecule has 0 bridgehead atoms. The van der Waals surface area contributed by atoms with Gasteiger partial charge < -0.3 is 48.3 Å². The van der Waals surface area contributed by atoms with Gasteiger partial charge in [-0.1, -0.05) is 32.0 Å². The number of carboxylic acids is 1. The predicted molar refractivity (Wildman–Crippen MR) is 154 cm³/mol. The van der Waals surface area contributed by atoms with Crippen LogP contribution in [0, 0.1) is 5.92 Å². The molecule has 0 spiro atoms. The number of aliphatic carboxylic acids is 1. The fraction of sp³-hybridized carbons (Fsp3) is 0.519. The van der Waals surface area contributed by atoms with Crippen LogP contribution in [-0.4, -0.2) is 81.7 Å². The Hall–Kier alpha value is -4.17. The molecule has 0 aliphatic heterocycles. The van der Waals surface area contributed by atoms with Crippen LogP contribution < -0.4 is 33.2 Å². The van der Waals surface area contributed by atoms with E-state index < -0.39 is 54.0 Å². The first-order valence-electron chi connectivity index (χ1n) is 13.5. The normalized spacial score (nSPS) is 14.9. The number of aromatic amines is 1. The number of H-pyrrole nitrogens is 1. The second kappa shape index (κ2) is 15.6. The van der Waals surface area contributed by atoms with Crippen molar-refractivity contribution in [2.45, 2.75) is 76.7 Å². The number of rotatable bonds is 16. The number of amides is 3. The first-order chi connectivity index (χ1) is 19.3. The average Bonchev–Trinajstić information content (AvgIpc) is 3.30. The van der Waals surface area contributed by atoms with Crippen molar-refractivity contribution in [2.24, 2.45) is 28.1 Å². The zero-order valence-corrected chi connectivity index (χ0v) is 23.6. The number of carbonyl (C=O) groups is 4. The van der Waals surface area contributed by atoms with Gasteiger partial charge in [0.25, 0.3) is 0 Å². The van der Waals surface area contributed by atoms with Crippen molar-refractivity contribution in [1.29, 1.82) is 0 Å². The molecule has 0 fully saturated rings. The maximum absolute atomic E-state index is 13.3. The Labute approximate surface area is 238 Å². The van der Waals surface area contributed by atoms with Crippen molar-refractivity contribution < 1.29 is 29.4 Å². The van der Waals surface area contributed by atoms with Crippen LogP contribution in [0.1, 0.15) is 45.6 Å². The minimum absolute atomic E-state index is 0.0331. The van der Waals surface area contributed by atoms with Gasteiger partial charge in [0.05, 0.1) is 12.1 Å². The Morgan fingerprint density at radius 3 is 2.24 bits per heavy atom. The monoisotopic (exact) mass is 574 g/mol. The highest BCUT2D eigenvalue weighted by molar-refractivity contribution is 5.94. The topological polar surface area (TPSA) is 251 Å². The predicted octanol–water partition coefficient (Wildman–Crippen LogP) is -0.943. The first-order valence-corrected chi connectivity index (χ1v) is 13.5. The summed E-state index contributed by atoms with van der Waals surface area (Å²) in [5, 5.41) is 28.1. The third kappa shape index (κ3) is 10.4. The number of hydrogen-bond acceptors (Lipinski definition) is 7. The number of fused-ring (bicyclic) bond motifs is 1. The van der Waals surface area contributed by atoms with E-state index >= 15 is 0 Å². The van der Waals surface area contributed by atoms with E-state index in [0.717, 1.165) is 16.5 Å². The third-order valence-corrected chi connectivity index (χ3v) is 6.41. The number of nitrogens with one attached hydrogen (secondary N) is 4. The molecule has 5 unspecified atom stereocenters. The molecule has 0 aliphatic rings. The molecule has 14 nitrogen and oxygen atoms in total. The van der Waals surface area contributed by atoms with Gasteiger partial charge in [0.15, 0.2) is 5.96 Å². The minimum atomic E-state index is -1.48. The fourth-order valence-corrected chi connectivity index (χ4v) is 4.29. The smallest absolute Gasteiger partial charge is 0.326 e. The molecule has 1 aromatic carbocycles. The molecule has 1 heterocycles. The van der Waals surface area contributed by atoms with E-state index in [4.69, 9.17) is 17.2 Å². The Kier molecular flexibility index (Phi) is 12.5. The van der Waals surface area contributed by atoms with E-state index in [-0.39, 0.29) is 37.7 Å². The van der Waals surface area contributed by atoms with Gasteiger partial charge >= 0.3 is 5.97 Å². The molecule has 5 atom stereocenters. The largest absolute Gasteiger partial charge is 0.480 e. The summed E-state index contributed by atoms with van der Waals surface area (Å²) in [6, 6.07) is 2.73. The Morgan fingerprint density at radius 2 is 1.63 bits per heavy atom. The number of carboxylic acid groups (broad SMARTS) is 1. The highest BCUT2D eigenvalue weighted by Gasteiger charge is 2.33. The number of carbonyl (C=O) groups excluding carboxylic acids is 3. The molecule has 2 aromatic rings. The number of guanidine groups is 1. The molecule has 0 aliphatic carbocycles. The van der Waals surface area contributed by atoms with Gasteiger partial charge in [-0.2, -0.15) is 0 Å². The number of benzene rings is 1. The van der Waals surface area contributed by atoms with Crippen LogP contribution >= 0.6 is 0 Å². The highest BCUT2D eigenvalue weighted by Crippen LogP contribution is 2.19. The van der Waals surface area contributed by atoms with Gasteiger partial charge in [-0.05, 0) is 50.2 Å². The maximum atomic E-state index is 13.3. The standard InChI is InChI=1S/C27H42N8O6/c1-14(2)11-21(26(40)41)34-25(39)22(15(3)36)35-24(38)20(9-6-10-31-27(29)30)33-23(37)18(28)12-16-13-32-19-8-5-4-7-17(16)19/h4-5,7-8,13-15,18,20-22,32,36H,6,9-12,28H2,1-3H3,(H,33,37)(H,34,39)(H,35,38)(H,40,41)(H4,29,30,31). The van der Waals surface area contributed by atoms with E-state index in [1.807, 2.05) is 24.3 Å².